The third-order valence-electron chi connectivity index (χ3n) is 3.74. The van der Waals surface area contributed by atoms with Gasteiger partial charge in [-0.25, -0.2) is 0 Å². The van der Waals surface area contributed by atoms with Gasteiger partial charge in [-0.2, -0.15) is 0 Å². The van der Waals surface area contributed by atoms with E-state index in [-0.39, 0.29) is 5.75 Å². The maximum atomic E-state index is 9.67. The summed E-state index contributed by atoms with van der Waals surface area (Å²) in [6.07, 6.45) is 0. The van der Waals surface area contributed by atoms with Crippen LogP contribution in [0.2, 0.25) is 0 Å². The van der Waals surface area contributed by atoms with Crippen molar-refractivity contribution in [2.45, 2.75) is 5.79 Å². The Hall–Kier alpha value is -2.94. The number of phenols is 1. The third kappa shape index (κ3) is 1.91. The van der Waals surface area contributed by atoms with Crippen molar-refractivity contribution in [1.82, 2.24) is 0 Å². The molecule has 4 rings (SSSR count). The lowest BCUT2D eigenvalue weighted by atomic mass is 9.97. The van der Waals surface area contributed by atoms with Crippen LogP contribution < -0.4 is 9.47 Å². The molecule has 3 nitrogen and oxygen atoms in total. The van der Waals surface area contributed by atoms with Crippen molar-refractivity contribution in [3.63, 3.8) is 0 Å². The van der Waals surface area contributed by atoms with E-state index < -0.39 is 5.79 Å². The van der Waals surface area contributed by atoms with Crippen molar-refractivity contribution in [1.29, 1.82) is 0 Å². The zero-order valence-electron chi connectivity index (χ0n) is 11.8. The van der Waals surface area contributed by atoms with Crippen molar-refractivity contribution >= 4 is 0 Å². The first-order valence-corrected chi connectivity index (χ1v) is 7.10. The largest absolute Gasteiger partial charge is 0.508 e. The second-order valence-electron chi connectivity index (χ2n) is 5.18. The summed E-state index contributed by atoms with van der Waals surface area (Å²) in [6, 6.07) is 24.5. The van der Waals surface area contributed by atoms with Gasteiger partial charge in [-0.3, -0.25) is 0 Å². The number of hydrogen-bond acceptors (Lipinski definition) is 3. The van der Waals surface area contributed by atoms with E-state index >= 15 is 0 Å². The van der Waals surface area contributed by atoms with Crippen LogP contribution in [0.4, 0.5) is 0 Å². The first-order valence-electron chi connectivity index (χ1n) is 7.10. The fourth-order valence-corrected chi connectivity index (χ4v) is 2.71. The van der Waals surface area contributed by atoms with E-state index in [1.54, 1.807) is 18.2 Å². The van der Waals surface area contributed by atoms with Gasteiger partial charge in [-0.05, 0) is 12.1 Å². The van der Waals surface area contributed by atoms with Gasteiger partial charge in [-0.1, -0.05) is 60.7 Å². The van der Waals surface area contributed by atoms with Gasteiger partial charge < -0.3 is 14.6 Å². The standard InChI is InChI=1S/C19H14O3/c20-16-11-12-17-18(13-16)22-19(21-17,14-7-3-1-4-8-14)15-9-5-2-6-10-15/h1-13,20H. The Kier molecular flexibility index (Phi) is 2.79. The van der Waals surface area contributed by atoms with Crippen molar-refractivity contribution in [2.75, 3.05) is 0 Å². The Bertz CT molecular complexity index is 758. The zero-order chi connectivity index (χ0) is 15.0. The van der Waals surface area contributed by atoms with E-state index in [4.69, 9.17) is 9.47 Å². The Labute approximate surface area is 128 Å². The molecule has 0 fully saturated rings. The van der Waals surface area contributed by atoms with Crippen LogP contribution in [0.5, 0.6) is 17.2 Å². The molecule has 108 valence electrons. The minimum atomic E-state index is -1.03. The Balaban J connectivity index is 1.90. The van der Waals surface area contributed by atoms with Gasteiger partial charge in [0.2, 0.25) is 0 Å². The number of rotatable bonds is 2. The van der Waals surface area contributed by atoms with Crippen LogP contribution in [-0.4, -0.2) is 5.11 Å². The quantitative estimate of drug-likeness (QED) is 0.773. The normalized spacial score (nSPS) is 14.7. The van der Waals surface area contributed by atoms with Crippen molar-refractivity contribution in [2.24, 2.45) is 0 Å². The van der Waals surface area contributed by atoms with Gasteiger partial charge >= 0.3 is 5.79 Å². The van der Waals surface area contributed by atoms with Gasteiger partial charge in [0, 0.05) is 17.2 Å². The summed E-state index contributed by atoms with van der Waals surface area (Å²) in [7, 11) is 0. The minimum Gasteiger partial charge on any atom is -0.508 e. The Morgan fingerprint density at radius 3 is 1.77 bits per heavy atom. The number of hydrogen-bond donors (Lipinski definition) is 1. The third-order valence-corrected chi connectivity index (χ3v) is 3.74. The molecule has 0 bridgehead atoms. The van der Waals surface area contributed by atoms with Gasteiger partial charge in [0.25, 0.3) is 0 Å². The van der Waals surface area contributed by atoms with Crippen LogP contribution in [0, 0.1) is 0 Å². The molecule has 0 aromatic heterocycles. The van der Waals surface area contributed by atoms with Crippen LogP contribution in [0.15, 0.2) is 78.9 Å². The van der Waals surface area contributed by atoms with Gasteiger partial charge in [-0.15, -0.1) is 0 Å². The highest BCUT2D eigenvalue weighted by Gasteiger charge is 2.45. The zero-order valence-corrected chi connectivity index (χ0v) is 11.8. The first-order chi connectivity index (χ1) is 10.8. The molecule has 1 aliphatic rings. The summed E-state index contributed by atoms with van der Waals surface area (Å²) in [4.78, 5) is 0. The summed E-state index contributed by atoms with van der Waals surface area (Å²) in [5.74, 6) is 0.274. The average Bonchev–Trinajstić information content (AvgIpc) is 2.96. The fraction of sp³-hybridized carbons (Fsp3) is 0.0526. The molecule has 0 atom stereocenters. The number of ether oxygens (including phenoxy) is 2. The van der Waals surface area contributed by atoms with Gasteiger partial charge in [0.15, 0.2) is 11.5 Å². The lowest BCUT2D eigenvalue weighted by Gasteiger charge is -2.28. The molecule has 0 saturated carbocycles. The van der Waals surface area contributed by atoms with Crippen molar-refractivity contribution in [3.05, 3.63) is 90.0 Å². The average molecular weight is 290 g/mol. The van der Waals surface area contributed by atoms with Crippen LogP contribution in [0.3, 0.4) is 0 Å². The lowest BCUT2D eigenvalue weighted by molar-refractivity contribution is -0.0459. The molecule has 1 N–H and O–H groups in total. The summed E-state index contributed by atoms with van der Waals surface area (Å²) in [6.45, 7) is 0. The minimum absolute atomic E-state index is 0.152. The molecule has 0 unspecified atom stereocenters. The van der Waals surface area contributed by atoms with E-state index in [1.165, 1.54) is 0 Å². The topological polar surface area (TPSA) is 38.7 Å². The molecule has 0 spiro atoms. The number of benzene rings is 3. The maximum absolute atomic E-state index is 9.67. The molecule has 0 saturated heterocycles. The summed E-state index contributed by atoms with van der Waals surface area (Å²) in [5.41, 5.74) is 1.80. The maximum Gasteiger partial charge on any atom is 0.305 e. The van der Waals surface area contributed by atoms with Crippen LogP contribution in [0.1, 0.15) is 11.1 Å². The summed E-state index contributed by atoms with van der Waals surface area (Å²) < 4.78 is 12.4. The molecule has 3 aromatic carbocycles. The van der Waals surface area contributed by atoms with Crippen LogP contribution >= 0.6 is 0 Å². The molecule has 0 amide bonds. The number of aromatic hydroxyl groups is 1. The molecular formula is C19H14O3. The number of fused-ring (bicyclic) bond motifs is 1. The van der Waals surface area contributed by atoms with Crippen molar-refractivity contribution in [3.8, 4) is 17.2 Å². The molecule has 22 heavy (non-hydrogen) atoms. The van der Waals surface area contributed by atoms with E-state index in [0.717, 1.165) is 11.1 Å². The molecule has 0 aliphatic carbocycles. The van der Waals surface area contributed by atoms with E-state index in [1.807, 2.05) is 60.7 Å². The van der Waals surface area contributed by atoms with Gasteiger partial charge in [0.1, 0.15) is 5.75 Å². The summed E-state index contributed by atoms with van der Waals surface area (Å²) >= 11 is 0. The highest BCUT2D eigenvalue weighted by atomic mass is 16.7. The second kappa shape index (κ2) is 4.81. The van der Waals surface area contributed by atoms with E-state index in [2.05, 4.69) is 0 Å². The van der Waals surface area contributed by atoms with E-state index in [9.17, 15) is 5.11 Å². The van der Waals surface area contributed by atoms with Crippen LogP contribution in [-0.2, 0) is 5.79 Å². The molecule has 3 heteroatoms. The Morgan fingerprint density at radius 2 is 1.18 bits per heavy atom. The Morgan fingerprint density at radius 1 is 0.636 bits per heavy atom. The molecule has 1 heterocycles. The number of phenolic OH excluding ortho intramolecular Hbond substituents is 1. The monoisotopic (exact) mass is 290 g/mol. The lowest BCUT2D eigenvalue weighted by Crippen LogP contribution is -2.36. The second-order valence-corrected chi connectivity index (χ2v) is 5.18. The highest BCUT2D eigenvalue weighted by molar-refractivity contribution is 5.51. The van der Waals surface area contributed by atoms with E-state index in [0.29, 0.717) is 11.5 Å². The molecule has 3 aromatic rings. The van der Waals surface area contributed by atoms with Gasteiger partial charge in [0.05, 0.1) is 0 Å². The van der Waals surface area contributed by atoms with Crippen molar-refractivity contribution < 1.29 is 14.6 Å². The highest BCUT2D eigenvalue weighted by Crippen LogP contribution is 2.48. The predicted octanol–water partition coefficient (Wildman–Crippen LogP) is 4.06. The molecular weight excluding hydrogens is 276 g/mol. The molecule has 0 radical (unpaired) electrons. The SMILES string of the molecule is Oc1ccc2c(c1)OC(c1ccccc1)(c1ccccc1)O2. The molecule has 1 aliphatic heterocycles. The fourth-order valence-electron chi connectivity index (χ4n) is 2.71. The first kappa shape index (κ1) is 12.8. The van der Waals surface area contributed by atoms with Crippen LogP contribution in [0.25, 0.3) is 0 Å². The smallest absolute Gasteiger partial charge is 0.305 e. The summed E-state index contributed by atoms with van der Waals surface area (Å²) in [5, 5.41) is 9.67. The predicted molar refractivity (Wildman–Crippen MR) is 83.0 cm³/mol.